The molecule has 0 amide bonds. The summed E-state index contributed by atoms with van der Waals surface area (Å²) in [5.74, 6) is 0. The van der Waals surface area contributed by atoms with Crippen LogP contribution in [0.15, 0.2) is 30.3 Å². The van der Waals surface area contributed by atoms with Crippen LogP contribution in [0.3, 0.4) is 0 Å². The smallest absolute Gasteiger partial charge is 0.399 e. The highest BCUT2D eigenvalue weighted by Gasteiger charge is 2.51. The van der Waals surface area contributed by atoms with E-state index in [0.717, 1.165) is 11.0 Å². The Hall–Kier alpha value is -1.10. The molecule has 21 heavy (non-hydrogen) atoms. The lowest BCUT2D eigenvalue weighted by Gasteiger charge is -2.32. The number of hydrogen-bond donors (Lipinski definition) is 1. The lowest BCUT2D eigenvalue weighted by atomic mass is 9.79. The van der Waals surface area contributed by atoms with Crippen LogP contribution < -0.4 is 5.46 Å². The lowest BCUT2D eigenvalue weighted by Crippen LogP contribution is -2.41. The van der Waals surface area contributed by atoms with E-state index in [1.165, 1.54) is 0 Å². The van der Waals surface area contributed by atoms with E-state index in [-0.39, 0.29) is 18.3 Å². The zero-order chi connectivity index (χ0) is 15.9. The van der Waals surface area contributed by atoms with Crippen LogP contribution in [0.2, 0.25) is 0 Å². The van der Waals surface area contributed by atoms with E-state index in [2.05, 4.69) is 0 Å². The van der Waals surface area contributed by atoms with Gasteiger partial charge in [-0.25, -0.2) is 0 Å². The average Bonchev–Trinajstić information content (AvgIpc) is 2.56. The Kier molecular flexibility index (Phi) is 4.09. The molecule has 1 saturated heterocycles. The van der Waals surface area contributed by atoms with E-state index in [9.17, 15) is 5.11 Å². The molecule has 1 aromatic carbocycles. The Morgan fingerprint density at radius 3 is 1.90 bits per heavy atom. The molecule has 2 rings (SSSR count). The highest BCUT2D eigenvalue weighted by atomic mass is 16.7. The van der Waals surface area contributed by atoms with Gasteiger partial charge in [0.15, 0.2) is 0 Å². The molecule has 1 aliphatic heterocycles. The molecule has 3 nitrogen and oxygen atoms in total. The standard InChI is InChI=1S/C17H25BO3/c1-15(2,19)12-11-13-7-9-14(10-8-13)18-20-16(3,4)17(5,6)21-18/h7-12,19H,1-6H3. The molecule has 0 atom stereocenters. The van der Waals surface area contributed by atoms with Crippen molar-refractivity contribution in [1.29, 1.82) is 0 Å². The van der Waals surface area contributed by atoms with E-state index in [0.29, 0.717) is 0 Å². The quantitative estimate of drug-likeness (QED) is 0.869. The highest BCUT2D eigenvalue weighted by Crippen LogP contribution is 2.36. The molecule has 0 aliphatic carbocycles. The molecule has 4 heteroatoms. The molecule has 1 heterocycles. The summed E-state index contributed by atoms with van der Waals surface area (Å²) >= 11 is 0. The van der Waals surface area contributed by atoms with Crippen molar-refractivity contribution in [2.24, 2.45) is 0 Å². The largest absolute Gasteiger partial charge is 0.494 e. The minimum absolute atomic E-state index is 0.322. The fourth-order valence-corrected chi connectivity index (χ4v) is 2.04. The maximum absolute atomic E-state index is 9.69. The first-order valence-electron chi connectivity index (χ1n) is 7.37. The Morgan fingerprint density at radius 1 is 1.00 bits per heavy atom. The van der Waals surface area contributed by atoms with Gasteiger partial charge in [0.1, 0.15) is 0 Å². The van der Waals surface area contributed by atoms with Crippen LogP contribution in [0.1, 0.15) is 47.1 Å². The van der Waals surface area contributed by atoms with Crippen LogP contribution in [-0.2, 0) is 9.31 Å². The average molecular weight is 288 g/mol. The first-order valence-corrected chi connectivity index (χ1v) is 7.37. The first kappa shape index (κ1) is 16.3. The van der Waals surface area contributed by atoms with Crippen molar-refractivity contribution in [2.45, 2.75) is 58.3 Å². The summed E-state index contributed by atoms with van der Waals surface area (Å²) in [5, 5.41) is 9.69. The zero-order valence-electron chi connectivity index (χ0n) is 13.8. The Bertz CT molecular complexity index is 508. The van der Waals surface area contributed by atoms with Crippen molar-refractivity contribution in [3.05, 3.63) is 35.9 Å². The second-order valence-corrected chi connectivity index (χ2v) is 7.24. The van der Waals surface area contributed by atoms with E-state index in [4.69, 9.17) is 9.31 Å². The van der Waals surface area contributed by atoms with Gasteiger partial charge < -0.3 is 14.4 Å². The Labute approximate surface area is 128 Å². The Balaban J connectivity index is 2.12. The minimum Gasteiger partial charge on any atom is -0.399 e. The summed E-state index contributed by atoms with van der Waals surface area (Å²) in [7, 11) is -0.331. The summed E-state index contributed by atoms with van der Waals surface area (Å²) in [6.07, 6.45) is 3.69. The van der Waals surface area contributed by atoms with Crippen LogP contribution in [0.25, 0.3) is 6.08 Å². The van der Waals surface area contributed by atoms with Crippen LogP contribution in [0.5, 0.6) is 0 Å². The molecule has 1 N–H and O–H groups in total. The molecule has 0 radical (unpaired) electrons. The molecule has 0 aromatic heterocycles. The van der Waals surface area contributed by atoms with Gasteiger partial charge in [-0.05, 0) is 52.6 Å². The van der Waals surface area contributed by atoms with Gasteiger partial charge in [0, 0.05) is 0 Å². The molecule has 0 saturated carbocycles. The van der Waals surface area contributed by atoms with Gasteiger partial charge in [0.05, 0.1) is 16.8 Å². The molecule has 1 fully saturated rings. The normalized spacial score (nSPS) is 21.2. The number of rotatable bonds is 3. The minimum atomic E-state index is -0.801. The third-order valence-electron chi connectivity index (χ3n) is 4.15. The van der Waals surface area contributed by atoms with Crippen molar-refractivity contribution < 1.29 is 14.4 Å². The van der Waals surface area contributed by atoms with Crippen LogP contribution in [-0.4, -0.2) is 29.0 Å². The number of hydrogen-bond acceptors (Lipinski definition) is 3. The van der Waals surface area contributed by atoms with Crippen molar-refractivity contribution >= 4 is 18.7 Å². The summed E-state index contributed by atoms with van der Waals surface area (Å²) in [6.45, 7) is 11.7. The fourth-order valence-electron chi connectivity index (χ4n) is 2.04. The van der Waals surface area contributed by atoms with Crippen LogP contribution in [0.4, 0.5) is 0 Å². The second kappa shape index (κ2) is 5.27. The monoisotopic (exact) mass is 288 g/mol. The van der Waals surface area contributed by atoms with E-state index >= 15 is 0 Å². The van der Waals surface area contributed by atoms with Crippen molar-refractivity contribution in [2.75, 3.05) is 0 Å². The summed E-state index contributed by atoms with van der Waals surface area (Å²) in [4.78, 5) is 0. The topological polar surface area (TPSA) is 38.7 Å². The molecule has 1 aliphatic rings. The van der Waals surface area contributed by atoms with Crippen molar-refractivity contribution in [3.8, 4) is 0 Å². The van der Waals surface area contributed by atoms with Gasteiger partial charge in [-0.1, -0.05) is 36.4 Å². The second-order valence-electron chi connectivity index (χ2n) is 7.24. The molecule has 0 unspecified atom stereocenters. The van der Waals surface area contributed by atoms with E-state index in [1.54, 1.807) is 19.9 Å². The van der Waals surface area contributed by atoms with Crippen LogP contribution in [0, 0.1) is 0 Å². The SMILES string of the molecule is CC(C)(O)C=Cc1ccc(B2OC(C)(C)C(C)(C)O2)cc1. The van der Waals surface area contributed by atoms with Gasteiger partial charge in [0.25, 0.3) is 0 Å². The maximum Gasteiger partial charge on any atom is 0.494 e. The van der Waals surface area contributed by atoms with Gasteiger partial charge >= 0.3 is 7.12 Å². The summed E-state index contributed by atoms with van der Waals surface area (Å²) in [5.41, 5.74) is 0.602. The van der Waals surface area contributed by atoms with E-state index in [1.807, 2.05) is 58.0 Å². The first-order chi connectivity index (χ1) is 9.50. The summed E-state index contributed by atoms with van der Waals surface area (Å²) < 4.78 is 12.0. The number of benzene rings is 1. The van der Waals surface area contributed by atoms with Crippen molar-refractivity contribution in [1.82, 2.24) is 0 Å². The Morgan fingerprint density at radius 2 is 1.48 bits per heavy atom. The molecule has 0 bridgehead atoms. The van der Waals surface area contributed by atoms with Gasteiger partial charge in [-0.2, -0.15) is 0 Å². The molecule has 114 valence electrons. The predicted molar refractivity (Wildman–Crippen MR) is 87.5 cm³/mol. The molecule has 1 aromatic rings. The van der Waals surface area contributed by atoms with Crippen molar-refractivity contribution in [3.63, 3.8) is 0 Å². The maximum atomic E-state index is 9.69. The third-order valence-corrected chi connectivity index (χ3v) is 4.15. The zero-order valence-corrected chi connectivity index (χ0v) is 13.8. The predicted octanol–water partition coefficient (Wildman–Crippen LogP) is 2.77. The van der Waals surface area contributed by atoms with Gasteiger partial charge in [-0.15, -0.1) is 0 Å². The fraction of sp³-hybridized carbons (Fsp3) is 0.529. The molecular weight excluding hydrogens is 263 g/mol. The highest BCUT2D eigenvalue weighted by molar-refractivity contribution is 6.62. The van der Waals surface area contributed by atoms with Gasteiger partial charge in [0.2, 0.25) is 0 Å². The van der Waals surface area contributed by atoms with Crippen LogP contribution >= 0.6 is 0 Å². The summed E-state index contributed by atoms with van der Waals surface area (Å²) in [6, 6.07) is 8.02. The number of aliphatic hydroxyl groups is 1. The third kappa shape index (κ3) is 3.76. The lowest BCUT2D eigenvalue weighted by molar-refractivity contribution is 0.00578. The van der Waals surface area contributed by atoms with E-state index < -0.39 is 5.60 Å². The molecule has 0 spiro atoms. The molecular formula is C17H25BO3. The van der Waals surface area contributed by atoms with Gasteiger partial charge in [-0.3, -0.25) is 0 Å².